The minimum atomic E-state index is 0.368. The quantitative estimate of drug-likeness (QED) is 0.741. The molecular formula is C13H15Br2NOS. The van der Waals surface area contributed by atoms with Gasteiger partial charge >= 0.3 is 0 Å². The van der Waals surface area contributed by atoms with Crippen LogP contribution in [0.5, 0.6) is 0 Å². The molecule has 98 valence electrons. The van der Waals surface area contributed by atoms with Gasteiger partial charge in [0.2, 0.25) is 0 Å². The highest BCUT2D eigenvalue weighted by Gasteiger charge is 2.17. The minimum absolute atomic E-state index is 0.368. The lowest BCUT2D eigenvalue weighted by Gasteiger charge is -2.20. The first kappa shape index (κ1) is 14.3. The van der Waals surface area contributed by atoms with E-state index in [0.717, 1.165) is 21.4 Å². The van der Waals surface area contributed by atoms with Crippen LogP contribution in [0.2, 0.25) is 0 Å². The second-order valence-electron chi connectivity index (χ2n) is 4.45. The zero-order valence-electron chi connectivity index (χ0n) is 10.2. The highest BCUT2D eigenvalue weighted by molar-refractivity contribution is 9.13. The number of nitrogens with one attached hydrogen (secondary N) is 1. The van der Waals surface area contributed by atoms with Gasteiger partial charge in [0.05, 0.1) is 11.0 Å². The highest BCUT2D eigenvalue weighted by Crippen LogP contribution is 2.29. The van der Waals surface area contributed by atoms with Crippen molar-refractivity contribution in [3.8, 4) is 0 Å². The van der Waals surface area contributed by atoms with Crippen LogP contribution < -0.4 is 5.32 Å². The average molecular weight is 393 g/mol. The molecule has 18 heavy (non-hydrogen) atoms. The van der Waals surface area contributed by atoms with Crippen LogP contribution in [0.3, 0.4) is 0 Å². The van der Waals surface area contributed by atoms with E-state index in [2.05, 4.69) is 68.5 Å². The van der Waals surface area contributed by atoms with Gasteiger partial charge in [0.1, 0.15) is 5.76 Å². The normalized spacial score (nSPS) is 13.2. The number of halogens is 2. The number of hydrogen-bond acceptors (Lipinski definition) is 3. The lowest BCUT2D eigenvalue weighted by atomic mass is 10.0. The van der Waals surface area contributed by atoms with Crippen LogP contribution in [0.15, 0.2) is 37.1 Å². The number of hydrogen-bond donors (Lipinski definition) is 1. The van der Waals surface area contributed by atoms with Gasteiger partial charge in [-0.3, -0.25) is 0 Å². The van der Waals surface area contributed by atoms with Crippen LogP contribution in [0.25, 0.3) is 0 Å². The maximum Gasteiger partial charge on any atom is 0.183 e. The summed E-state index contributed by atoms with van der Waals surface area (Å²) in [5.41, 5.74) is 0. The maximum absolute atomic E-state index is 5.57. The molecule has 0 fully saturated rings. The van der Waals surface area contributed by atoms with E-state index in [9.17, 15) is 0 Å². The van der Waals surface area contributed by atoms with Crippen molar-refractivity contribution in [2.75, 3.05) is 0 Å². The minimum Gasteiger partial charge on any atom is -0.452 e. The first-order valence-electron chi connectivity index (χ1n) is 5.78. The highest BCUT2D eigenvalue weighted by atomic mass is 79.9. The zero-order valence-corrected chi connectivity index (χ0v) is 14.2. The van der Waals surface area contributed by atoms with Crippen molar-refractivity contribution in [3.05, 3.63) is 43.4 Å². The summed E-state index contributed by atoms with van der Waals surface area (Å²) < 4.78 is 7.27. The number of rotatable bonds is 5. The molecule has 0 aromatic carbocycles. The van der Waals surface area contributed by atoms with Gasteiger partial charge in [-0.25, -0.2) is 0 Å². The Morgan fingerprint density at radius 2 is 2.17 bits per heavy atom. The van der Waals surface area contributed by atoms with Gasteiger partial charge in [-0.05, 0) is 55.3 Å². The predicted molar refractivity (Wildman–Crippen MR) is 82.8 cm³/mol. The van der Waals surface area contributed by atoms with Crippen molar-refractivity contribution in [2.24, 2.45) is 5.92 Å². The smallest absolute Gasteiger partial charge is 0.183 e. The second kappa shape index (κ2) is 6.37. The molecule has 2 nitrogen and oxygen atoms in total. The van der Waals surface area contributed by atoms with Gasteiger partial charge < -0.3 is 9.73 Å². The summed E-state index contributed by atoms with van der Waals surface area (Å²) in [6, 6.07) is 6.63. The molecule has 0 aliphatic heterocycles. The van der Waals surface area contributed by atoms with Crippen molar-refractivity contribution in [1.82, 2.24) is 5.32 Å². The summed E-state index contributed by atoms with van der Waals surface area (Å²) in [4.78, 5) is 1.37. The molecule has 5 heteroatoms. The predicted octanol–water partition coefficient (Wildman–Crippen LogP) is 5.35. The van der Waals surface area contributed by atoms with Crippen LogP contribution in [0.4, 0.5) is 0 Å². The van der Waals surface area contributed by atoms with Crippen LogP contribution in [0, 0.1) is 5.92 Å². The monoisotopic (exact) mass is 391 g/mol. The molecular weight excluding hydrogens is 378 g/mol. The van der Waals surface area contributed by atoms with Gasteiger partial charge in [-0.15, -0.1) is 11.3 Å². The Hall–Kier alpha value is -0.100. The summed E-state index contributed by atoms with van der Waals surface area (Å²) in [6.45, 7) is 5.18. The molecule has 0 saturated carbocycles. The van der Waals surface area contributed by atoms with Gasteiger partial charge in [-0.2, -0.15) is 0 Å². The van der Waals surface area contributed by atoms with Crippen molar-refractivity contribution < 1.29 is 4.42 Å². The number of furan rings is 1. The first-order chi connectivity index (χ1) is 8.58. The van der Waals surface area contributed by atoms with E-state index in [0.29, 0.717) is 12.0 Å². The third-order valence-electron chi connectivity index (χ3n) is 2.71. The lowest BCUT2D eigenvalue weighted by Crippen LogP contribution is -2.24. The number of thiophene rings is 1. The Kier molecular flexibility index (Phi) is 5.06. The topological polar surface area (TPSA) is 25.2 Å². The molecule has 0 aliphatic rings. The third kappa shape index (κ3) is 3.47. The Labute approximate surface area is 128 Å². The Morgan fingerprint density at radius 1 is 1.39 bits per heavy atom. The van der Waals surface area contributed by atoms with E-state index in [-0.39, 0.29) is 0 Å². The average Bonchev–Trinajstić information content (AvgIpc) is 2.90. The zero-order chi connectivity index (χ0) is 13.1. The van der Waals surface area contributed by atoms with Crippen molar-refractivity contribution >= 4 is 43.2 Å². The van der Waals surface area contributed by atoms with Crippen LogP contribution in [0.1, 0.15) is 30.5 Å². The van der Waals surface area contributed by atoms with E-state index in [1.807, 2.05) is 6.07 Å². The fourth-order valence-corrected chi connectivity index (χ4v) is 3.45. The second-order valence-corrected chi connectivity index (χ2v) is 7.01. The maximum atomic E-state index is 5.57. The molecule has 1 atom stereocenters. The van der Waals surface area contributed by atoms with Gasteiger partial charge in [0, 0.05) is 10.9 Å². The SMILES string of the molecule is CC(C)C(NCc1cc(Br)c(Br)o1)c1cccs1. The Balaban J connectivity index is 2.02. The Morgan fingerprint density at radius 3 is 2.67 bits per heavy atom. The molecule has 2 aromatic heterocycles. The van der Waals surface area contributed by atoms with E-state index >= 15 is 0 Å². The summed E-state index contributed by atoms with van der Waals surface area (Å²) in [6.07, 6.45) is 0. The van der Waals surface area contributed by atoms with Gasteiger partial charge in [0.15, 0.2) is 4.67 Å². The fourth-order valence-electron chi connectivity index (χ4n) is 1.82. The molecule has 1 N–H and O–H groups in total. The third-order valence-corrected chi connectivity index (χ3v) is 5.37. The largest absolute Gasteiger partial charge is 0.452 e. The van der Waals surface area contributed by atoms with E-state index in [1.54, 1.807) is 11.3 Å². The molecule has 0 radical (unpaired) electrons. The molecule has 2 rings (SSSR count). The molecule has 0 aliphatic carbocycles. The molecule has 0 spiro atoms. The summed E-state index contributed by atoms with van der Waals surface area (Å²) >= 11 is 8.57. The summed E-state index contributed by atoms with van der Waals surface area (Å²) in [5, 5.41) is 5.67. The fraction of sp³-hybridized carbons (Fsp3) is 0.385. The Bertz CT molecular complexity index is 474. The molecule has 0 saturated heterocycles. The van der Waals surface area contributed by atoms with Crippen molar-refractivity contribution in [3.63, 3.8) is 0 Å². The van der Waals surface area contributed by atoms with Crippen LogP contribution in [-0.2, 0) is 6.54 Å². The molecule has 0 bridgehead atoms. The molecule has 2 heterocycles. The van der Waals surface area contributed by atoms with Crippen LogP contribution >= 0.6 is 43.2 Å². The van der Waals surface area contributed by atoms with Crippen molar-refractivity contribution in [2.45, 2.75) is 26.4 Å². The van der Waals surface area contributed by atoms with Crippen LogP contribution in [-0.4, -0.2) is 0 Å². The van der Waals surface area contributed by atoms with E-state index < -0.39 is 0 Å². The van der Waals surface area contributed by atoms with E-state index in [4.69, 9.17) is 4.42 Å². The molecule has 0 amide bonds. The standard InChI is InChI=1S/C13H15Br2NOS/c1-8(2)12(11-4-3-5-18-11)16-7-9-6-10(14)13(15)17-9/h3-6,8,12,16H,7H2,1-2H3. The van der Waals surface area contributed by atoms with Gasteiger partial charge in [0.25, 0.3) is 0 Å². The molecule has 2 aromatic rings. The van der Waals surface area contributed by atoms with E-state index in [1.165, 1.54) is 4.88 Å². The molecule has 1 unspecified atom stereocenters. The summed E-state index contributed by atoms with van der Waals surface area (Å²) in [5.74, 6) is 1.47. The first-order valence-corrected chi connectivity index (χ1v) is 8.25. The lowest BCUT2D eigenvalue weighted by molar-refractivity contribution is 0.384. The van der Waals surface area contributed by atoms with Crippen molar-refractivity contribution in [1.29, 1.82) is 0 Å². The van der Waals surface area contributed by atoms with Gasteiger partial charge in [-0.1, -0.05) is 19.9 Å². The summed E-state index contributed by atoms with van der Waals surface area (Å²) in [7, 11) is 0.